The summed E-state index contributed by atoms with van der Waals surface area (Å²) in [5.74, 6) is -0.0649. The molecule has 0 bridgehead atoms. The topological polar surface area (TPSA) is 20.3 Å². The fraction of sp³-hybridized carbons (Fsp3) is 0.462. The summed E-state index contributed by atoms with van der Waals surface area (Å²) in [5.41, 5.74) is -0.198. The third-order valence-electron chi connectivity index (χ3n) is 3.30. The smallest absolute Gasteiger partial charge is 0.335 e. The van der Waals surface area contributed by atoms with E-state index in [4.69, 9.17) is 0 Å². The molecular formula is C13H14F3NOS. The van der Waals surface area contributed by atoms with Gasteiger partial charge in [-0.05, 0) is 24.6 Å². The van der Waals surface area contributed by atoms with Gasteiger partial charge in [0.25, 0.3) is 0 Å². The number of alkyl halides is 3. The second kappa shape index (κ2) is 5.07. The van der Waals surface area contributed by atoms with Crippen molar-refractivity contribution in [2.75, 3.05) is 6.54 Å². The number of hydrogen-bond acceptors (Lipinski definition) is 2. The standard InChI is InChI=1S/C13H14F3NOS/c1-8(17-7-11(19)6-12(17)18)9-3-2-4-10(5-9)13(14,15)16/h2-5,8,11,19H,6-7H2,1H3. The van der Waals surface area contributed by atoms with E-state index in [1.807, 2.05) is 0 Å². The highest BCUT2D eigenvalue weighted by Gasteiger charge is 2.34. The SMILES string of the molecule is CC(c1cccc(C(F)(F)F)c1)N1CC(S)CC1=O. The van der Waals surface area contributed by atoms with E-state index in [0.717, 1.165) is 12.1 Å². The Labute approximate surface area is 115 Å². The lowest BCUT2D eigenvalue weighted by Crippen LogP contribution is -2.28. The largest absolute Gasteiger partial charge is 0.416 e. The van der Waals surface area contributed by atoms with Crippen LogP contribution in [0.25, 0.3) is 0 Å². The molecule has 1 saturated heterocycles. The van der Waals surface area contributed by atoms with Crippen LogP contribution in [0.1, 0.15) is 30.5 Å². The molecule has 2 atom stereocenters. The summed E-state index contributed by atoms with van der Waals surface area (Å²) >= 11 is 4.24. The van der Waals surface area contributed by atoms with Crippen molar-refractivity contribution in [3.63, 3.8) is 0 Å². The Morgan fingerprint density at radius 3 is 2.63 bits per heavy atom. The fourth-order valence-electron chi connectivity index (χ4n) is 2.24. The van der Waals surface area contributed by atoms with E-state index in [-0.39, 0.29) is 17.2 Å². The number of carbonyl (C=O) groups excluding carboxylic acids is 1. The molecule has 0 aromatic heterocycles. The number of nitrogens with zero attached hydrogens (tertiary/aromatic N) is 1. The molecule has 1 aliphatic heterocycles. The van der Waals surface area contributed by atoms with Gasteiger partial charge in [0.15, 0.2) is 0 Å². The van der Waals surface area contributed by atoms with Crippen LogP contribution in [0.2, 0.25) is 0 Å². The Bertz CT molecular complexity index is 489. The van der Waals surface area contributed by atoms with Crippen LogP contribution < -0.4 is 0 Å². The number of amides is 1. The fourth-order valence-corrected chi connectivity index (χ4v) is 2.57. The quantitative estimate of drug-likeness (QED) is 0.828. The Hall–Kier alpha value is -1.17. The zero-order valence-electron chi connectivity index (χ0n) is 10.3. The van der Waals surface area contributed by atoms with Crippen molar-refractivity contribution in [2.45, 2.75) is 30.8 Å². The van der Waals surface area contributed by atoms with E-state index in [1.165, 1.54) is 6.07 Å². The second-order valence-electron chi connectivity index (χ2n) is 4.70. The van der Waals surface area contributed by atoms with Crippen molar-refractivity contribution in [1.29, 1.82) is 0 Å². The lowest BCUT2D eigenvalue weighted by atomic mass is 10.0. The van der Waals surface area contributed by atoms with E-state index >= 15 is 0 Å². The Balaban J connectivity index is 2.25. The predicted octanol–water partition coefficient (Wildman–Crippen LogP) is 3.30. The zero-order chi connectivity index (χ0) is 14.2. The van der Waals surface area contributed by atoms with Gasteiger partial charge in [-0.1, -0.05) is 12.1 Å². The first-order valence-electron chi connectivity index (χ1n) is 5.93. The van der Waals surface area contributed by atoms with Gasteiger partial charge in [-0.2, -0.15) is 25.8 Å². The first kappa shape index (κ1) is 14.2. The van der Waals surface area contributed by atoms with Gasteiger partial charge < -0.3 is 4.90 Å². The van der Waals surface area contributed by atoms with Crippen LogP contribution in [0.5, 0.6) is 0 Å². The van der Waals surface area contributed by atoms with Crippen molar-refractivity contribution in [3.8, 4) is 0 Å². The van der Waals surface area contributed by atoms with Crippen LogP contribution in [0.15, 0.2) is 24.3 Å². The van der Waals surface area contributed by atoms with Crippen molar-refractivity contribution < 1.29 is 18.0 Å². The maximum absolute atomic E-state index is 12.7. The monoisotopic (exact) mass is 289 g/mol. The Kier molecular flexibility index (Phi) is 3.80. The summed E-state index contributed by atoms with van der Waals surface area (Å²) in [4.78, 5) is 13.3. The van der Waals surface area contributed by atoms with Gasteiger partial charge in [0.2, 0.25) is 5.91 Å². The number of carbonyl (C=O) groups is 1. The first-order chi connectivity index (χ1) is 8.79. The molecule has 1 aromatic carbocycles. The Morgan fingerprint density at radius 1 is 1.42 bits per heavy atom. The number of thiol groups is 1. The molecule has 104 valence electrons. The van der Waals surface area contributed by atoms with Gasteiger partial charge in [-0.3, -0.25) is 4.79 Å². The van der Waals surface area contributed by atoms with Crippen LogP contribution in [-0.2, 0) is 11.0 Å². The van der Waals surface area contributed by atoms with Crippen LogP contribution >= 0.6 is 12.6 Å². The lowest BCUT2D eigenvalue weighted by molar-refractivity contribution is -0.137. The maximum atomic E-state index is 12.7. The zero-order valence-corrected chi connectivity index (χ0v) is 11.2. The number of likely N-dealkylation sites (tertiary alicyclic amines) is 1. The van der Waals surface area contributed by atoms with Gasteiger partial charge in [0.1, 0.15) is 0 Å². The molecule has 1 fully saturated rings. The summed E-state index contributed by atoms with van der Waals surface area (Å²) in [7, 11) is 0. The minimum absolute atomic E-state index is 0.0410. The molecule has 0 spiro atoms. The third kappa shape index (κ3) is 3.05. The Morgan fingerprint density at radius 2 is 2.11 bits per heavy atom. The van der Waals surface area contributed by atoms with E-state index in [0.29, 0.717) is 18.5 Å². The van der Waals surface area contributed by atoms with E-state index in [1.54, 1.807) is 17.9 Å². The normalized spacial score (nSPS) is 21.8. The number of halogens is 3. The minimum atomic E-state index is -4.36. The number of hydrogen-bond donors (Lipinski definition) is 1. The molecule has 0 aliphatic carbocycles. The molecule has 19 heavy (non-hydrogen) atoms. The van der Waals surface area contributed by atoms with Crippen LogP contribution in [-0.4, -0.2) is 22.6 Å². The number of benzene rings is 1. The van der Waals surface area contributed by atoms with Gasteiger partial charge in [0.05, 0.1) is 11.6 Å². The molecular weight excluding hydrogens is 275 g/mol. The average molecular weight is 289 g/mol. The third-order valence-corrected chi connectivity index (χ3v) is 3.65. The summed E-state index contributed by atoms with van der Waals surface area (Å²) in [6.07, 6.45) is -4.02. The molecule has 6 heteroatoms. The van der Waals surface area contributed by atoms with Gasteiger partial charge in [-0.15, -0.1) is 0 Å². The first-order valence-corrected chi connectivity index (χ1v) is 6.45. The lowest BCUT2D eigenvalue weighted by Gasteiger charge is -2.25. The van der Waals surface area contributed by atoms with Crippen molar-refractivity contribution in [3.05, 3.63) is 35.4 Å². The second-order valence-corrected chi connectivity index (χ2v) is 5.43. The average Bonchev–Trinajstić information content (AvgIpc) is 2.66. The molecule has 0 radical (unpaired) electrons. The highest BCUT2D eigenvalue weighted by Crippen LogP contribution is 2.33. The molecule has 2 nitrogen and oxygen atoms in total. The van der Waals surface area contributed by atoms with Crippen LogP contribution in [0.4, 0.5) is 13.2 Å². The molecule has 1 amide bonds. The van der Waals surface area contributed by atoms with Gasteiger partial charge in [0, 0.05) is 18.2 Å². The molecule has 1 aliphatic rings. The highest BCUT2D eigenvalue weighted by molar-refractivity contribution is 7.81. The highest BCUT2D eigenvalue weighted by atomic mass is 32.1. The van der Waals surface area contributed by atoms with Crippen LogP contribution in [0, 0.1) is 0 Å². The van der Waals surface area contributed by atoms with Gasteiger partial charge >= 0.3 is 6.18 Å². The van der Waals surface area contributed by atoms with Crippen molar-refractivity contribution in [1.82, 2.24) is 4.90 Å². The minimum Gasteiger partial charge on any atom is -0.335 e. The van der Waals surface area contributed by atoms with Crippen molar-refractivity contribution >= 4 is 18.5 Å². The molecule has 2 unspecified atom stereocenters. The summed E-state index contributed by atoms with van der Waals surface area (Å²) in [5, 5.41) is -0.0410. The molecule has 0 N–H and O–H groups in total. The maximum Gasteiger partial charge on any atom is 0.416 e. The summed E-state index contributed by atoms with van der Waals surface area (Å²) < 4.78 is 38.0. The molecule has 1 aromatic rings. The van der Waals surface area contributed by atoms with E-state index < -0.39 is 11.7 Å². The summed E-state index contributed by atoms with van der Waals surface area (Å²) in [6, 6.07) is 4.74. The summed E-state index contributed by atoms with van der Waals surface area (Å²) in [6.45, 7) is 2.21. The van der Waals surface area contributed by atoms with E-state index in [2.05, 4.69) is 12.6 Å². The van der Waals surface area contributed by atoms with Crippen LogP contribution in [0.3, 0.4) is 0 Å². The molecule has 2 rings (SSSR count). The van der Waals surface area contributed by atoms with Crippen molar-refractivity contribution in [2.24, 2.45) is 0 Å². The predicted molar refractivity (Wildman–Crippen MR) is 69.0 cm³/mol. The van der Waals surface area contributed by atoms with Gasteiger partial charge in [-0.25, -0.2) is 0 Å². The molecule has 0 saturated carbocycles. The van der Waals surface area contributed by atoms with E-state index in [9.17, 15) is 18.0 Å². The molecule has 1 heterocycles. The number of rotatable bonds is 2.